The summed E-state index contributed by atoms with van der Waals surface area (Å²) in [6, 6.07) is 4.20. The van der Waals surface area contributed by atoms with Gasteiger partial charge in [-0.05, 0) is 31.0 Å². The molecule has 0 fully saturated rings. The highest BCUT2D eigenvalue weighted by Gasteiger charge is 2.12. The molecule has 4 heteroatoms. The summed E-state index contributed by atoms with van der Waals surface area (Å²) in [6.07, 6.45) is 6.06. The third-order valence-electron chi connectivity index (χ3n) is 2.88. The lowest BCUT2D eigenvalue weighted by atomic mass is 10.1. The fourth-order valence-corrected chi connectivity index (χ4v) is 1.88. The molecule has 1 aliphatic carbocycles. The molecule has 3 nitrogen and oxygen atoms in total. The van der Waals surface area contributed by atoms with Crippen molar-refractivity contribution in [1.82, 2.24) is 5.32 Å². The molecule has 0 unspecified atom stereocenters. The summed E-state index contributed by atoms with van der Waals surface area (Å²) in [5.41, 5.74) is 0.518. The van der Waals surface area contributed by atoms with E-state index >= 15 is 0 Å². The summed E-state index contributed by atoms with van der Waals surface area (Å²) >= 11 is 0. The van der Waals surface area contributed by atoms with E-state index in [2.05, 4.69) is 17.5 Å². The molecule has 0 saturated heterocycles. The summed E-state index contributed by atoms with van der Waals surface area (Å²) in [6.45, 7) is 0.360. The van der Waals surface area contributed by atoms with Gasteiger partial charge in [0.2, 0.25) is 0 Å². The second-order valence-corrected chi connectivity index (χ2v) is 4.13. The summed E-state index contributed by atoms with van der Waals surface area (Å²) in [5, 5.41) is 12.0. The van der Waals surface area contributed by atoms with E-state index in [4.69, 9.17) is 5.11 Å². The van der Waals surface area contributed by atoms with Gasteiger partial charge in [0.1, 0.15) is 5.82 Å². The summed E-state index contributed by atoms with van der Waals surface area (Å²) in [7, 11) is 0. The van der Waals surface area contributed by atoms with Crippen molar-refractivity contribution in [2.45, 2.75) is 25.4 Å². The molecule has 0 radical (unpaired) electrons. The Balaban J connectivity index is 2.03. The highest BCUT2D eigenvalue weighted by Crippen LogP contribution is 2.13. The van der Waals surface area contributed by atoms with Crippen LogP contribution in [0.3, 0.4) is 0 Å². The van der Waals surface area contributed by atoms with E-state index in [1.54, 1.807) is 0 Å². The van der Waals surface area contributed by atoms with Gasteiger partial charge in [0.25, 0.3) is 0 Å². The predicted molar refractivity (Wildman–Crippen MR) is 62.4 cm³/mol. The molecule has 0 spiro atoms. The van der Waals surface area contributed by atoms with Crippen LogP contribution in [0.2, 0.25) is 0 Å². The molecular formula is C13H14FNO2. The normalized spacial score (nSPS) is 15.4. The minimum absolute atomic E-state index is 0.118. The van der Waals surface area contributed by atoms with Crippen molar-refractivity contribution in [2.75, 3.05) is 0 Å². The van der Waals surface area contributed by atoms with Crippen LogP contribution in [0.15, 0.2) is 30.4 Å². The third-order valence-corrected chi connectivity index (χ3v) is 2.88. The number of benzene rings is 1. The lowest BCUT2D eigenvalue weighted by Crippen LogP contribution is -2.26. The van der Waals surface area contributed by atoms with Gasteiger partial charge in [0.15, 0.2) is 0 Å². The van der Waals surface area contributed by atoms with Crippen molar-refractivity contribution in [2.24, 2.45) is 0 Å². The first-order valence-corrected chi connectivity index (χ1v) is 5.57. The fourth-order valence-electron chi connectivity index (χ4n) is 1.88. The van der Waals surface area contributed by atoms with Crippen LogP contribution in [-0.2, 0) is 6.54 Å². The average Bonchev–Trinajstić information content (AvgIpc) is 2.80. The molecule has 17 heavy (non-hydrogen) atoms. The second kappa shape index (κ2) is 5.10. The molecule has 2 N–H and O–H groups in total. The molecule has 1 aromatic rings. The Labute approximate surface area is 99.0 Å². The summed E-state index contributed by atoms with van der Waals surface area (Å²) in [4.78, 5) is 10.8. The maximum atomic E-state index is 13.5. The van der Waals surface area contributed by atoms with Gasteiger partial charge in [0.05, 0.1) is 5.56 Å². The number of rotatable bonds is 4. The molecule has 1 aromatic carbocycles. The van der Waals surface area contributed by atoms with Crippen molar-refractivity contribution in [1.29, 1.82) is 0 Å². The maximum absolute atomic E-state index is 13.5. The smallest absolute Gasteiger partial charge is 0.335 e. The number of carbonyl (C=O) groups is 1. The Morgan fingerprint density at radius 1 is 1.41 bits per heavy atom. The van der Waals surface area contributed by atoms with Crippen molar-refractivity contribution in [3.63, 3.8) is 0 Å². The van der Waals surface area contributed by atoms with Crippen molar-refractivity contribution in [3.8, 4) is 0 Å². The van der Waals surface area contributed by atoms with Crippen LogP contribution in [-0.4, -0.2) is 17.1 Å². The van der Waals surface area contributed by atoms with E-state index < -0.39 is 5.97 Å². The largest absolute Gasteiger partial charge is 0.478 e. The van der Waals surface area contributed by atoms with Crippen LogP contribution in [0.4, 0.5) is 4.39 Å². The average molecular weight is 235 g/mol. The van der Waals surface area contributed by atoms with Gasteiger partial charge in [0, 0.05) is 18.2 Å². The molecule has 90 valence electrons. The molecule has 2 rings (SSSR count). The van der Waals surface area contributed by atoms with Crippen LogP contribution in [0.1, 0.15) is 28.8 Å². The lowest BCUT2D eigenvalue weighted by Gasteiger charge is -2.12. The Morgan fingerprint density at radius 3 is 2.76 bits per heavy atom. The van der Waals surface area contributed by atoms with Crippen LogP contribution in [0, 0.1) is 5.82 Å². The van der Waals surface area contributed by atoms with Crippen LogP contribution in [0.25, 0.3) is 0 Å². The molecule has 0 saturated carbocycles. The molecule has 0 aliphatic heterocycles. The van der Waals surface area contributed by atoms with Crippen molar-refractivity contribution >= 4 is 5.97 Å². The zero-order chi connectivity index (χ0) is 12.3. The number of nitrogens with one attached hydrogen (secondary N) is 1. The number of halogens is 1. The van der Waals surface area contributed by atoms with Gasteiger partial charge >= 0.3 is 5.97 Å². The quantitative estimate of drug-likeness (QED) is 0.787. The standard InChI is InChI=1S/C13H14FNO2/c14-12-6-5-9(13(16)17)7-10(12)8-15-11-3-1-2-4-11/h1-2,5-7,11,15H,3-4,8H2,(H,16,17). The molecule has 0 atom stereocenters. The first-order valence-electron chi connectivity index (χ1n) is 5.57. The van der Waals surface area contributed by atoms with Gasteiger partial charge in [-0.3, -0.25) is 0 Å². The molecule has 0 heterocycles. The van der Waals surface area contributed by atoms with Crippen molar-refractivity contribution < 1.29 is 14.3 Å². The van der Waals surface area contributed by atoms with Gasteiger partial charge < -0.3 is 10.4 Å². The molecule has 0 aromatic heterocycles. The SMILES string of the molecule is O=C(O)c1ccc(F)c(CNC2CC=CC2)c1. The number of carboxylic acid groups (broad SMARTS) is 1. The van der Waals surface area contributed by atoms with Gasteiger partial charge in [-0.15, -0.1) is 0 Å². The topological polar surface area (TPSA) is 49.3 Å². The maximum Gasteiger partial charge on any atom is 0.335 e. The first-order chi connectivity index (χ1) is 8.16. The van der Waals surface area contributed by atoms with E-state index in [1.807, 2.05) is 0 Å². The Kier molecular flexibility index (Phi) is 3.54. The minimum atomic E-state index is -1.03. The van der Waals surface area contributed by atoms with Gasteiger partial charge in [-0.25, -0.2) is 9.18 Å². The van der Waals surface area contributed by atoms with Gasteiger partial charge in [-0.2, -0.15) is 0 Å². The number of aromatic carboxylic acids is 1. The van der Waals surface area contributed by atoms with E-state index in [1.165, 1.54) is 18.2 Å². The van der Waals surface area contributed by atoms with E-state index in [0.29, 0.717) is 18.2 Å². The minimum Gasteiger partial charge on any atom is -0.478 e. The fraction of sp³-hybridized carbons (Fsp3) is 0.308. The predicted octanol–water partition coefficient (Wildman–Crippen LogP) is 2.33. The summed E-state index contributed by atoms with van der Waals surface area (Å²) in [5.74, 6) is -1.40. The Morgan fingerprint density at radius 2 is 2.12 bits per heavy atom. The number of hydrogen-bond acceptors (Lipinski definition) is 2. The van der Waals surface area contributed by atoms with E-state index in [0.717, 1.165) is 12.8 Å². The zero-order valence-electron chi connectivity index (χ0n) is 9.32. The number of carboxylic acids is 1. The second-order valence-electron chi connectivity index (χ2n) is 4.13. The molecular weight excluding hydrogens is 221 g/mol. The Hall–Kier alpha value is -1.68. The highest BCUT2D eigenvalue weighted by atomic mass is 19.1. The Bertz CT molecular complexity index is 449. The number of hydrogen-bond donors (Lipinski definition) is 2. The van der Waals surface area contributed by atoms with Gasteiger partial charge in [-0.1, -0.05) is 12.2 Å². The highest BCUT2D eigenvalue weighted by molar-refractivity contribution is 5.87. The first kappa shape index (κ1) is 11.8. The molecule has 0 amide bonds. The van der Waals surface area contributed by atoms with Crippen LogP contribution < -0.4 is 5.32 Å². The monoisotopic (exact) mass is 235 g/mol. The third kappa shape index (κ3) is 2.91. The van der Waals surface area contributed by atoms with Crippen LogP contribution >= 0.6 is 0 Å². The zero-order valence-corrected chi connectivity index (χ0v) is 9.32. The molecule has 0 bridgehead atoms. The van der Waals surface area contributed by atoms with E-state index in [-0.39, 0.29) is 11.4 Å². The summed E-state index contributed by atoms with van der Waals surface area (Å²) < 4.78 is 13.5. The van der Waals surface area contributed by atoms with E-state index in [9.17, 15) is 9.18 Å². The molecule has 1 aliphatic rings. The van der Waals surface area contributed by atoms with Crippen molar-refractivity contribution in [3.05, 3.63) is 47.3 Å². The van der Waals surface area contributed by atoms with Crippen LogP contribution in [0.5, 0.6) is 0 Å². The lowest BCUT2D eigenvalue weighted by molar-refractivity contribution is 0.0696.